The van der Waals surface area contributed by atoms with Crippen LogP contribution in [0.5, 0.6) is 0 Å². The number of nitrogens with zero attached hydrogens (tertiary/aromatic N) is 1. The first-order valence-electron chi connectivity index (χ1n) is 6.21. The summed E-state index contributed by atoms with van der Waals surface area (Å²) < 4.78 is 0. The van der Waals surface area contributed by atoms with E-state index in [2.05, 4.69) is 13.8 Å². The first-order valence-corrected chi connectivity index (χ1v) is 6.97. The highest BCUT2D eigenvalue weighted by molar-refractivity contribution is 6.36. The number of hydrogen-bond donors (Lipinski definition) is 0. The molecule has 0 aliphatic carbocycles. The van der Waals surface area contributed by atoms with Crippen LogP contribution in [0.2, 0.25) is 10.0 Å². The van der Waals surface area contributed by atoms with Gasteiger partial charge in [0.15, 0.2) is 0 Å². The van der Waals surface area contributed by atoms with Gasteiger partial charge in [0.2, 0.25) is 0 Å². The van der Waals surface area contributed by atoms with E-state index >= 15 is 0 Å². The van der Waals surface area contributed by atoms with E-state index in [1.54, 1.807) is 18.2 Å². The third-order valence-electron chi connectivity index (χ3n) is 3.32. The fraction of sp³-hybridized carbons (Fsp3) is 0.500. The minimum atomic E-state index is 0.00932. The Balaban J connectivity index is 2.20. The normalized spacial score (nSPS) is 24.1. The van der Waals surface area contributed by atoms with Gasteiger partial charge in [0, 0.05) is 18.1 Å². The average Bonchev–Trinajstić information content (AvgIpc) is 2.26. The van der Waals surface area contributed by atoms with Gasteiger partial charge in [0.1, 0.15) is 0 Å². The van der Waals surface area contributed by atoms with E-state index < -0.39 is 0 Å². The van der Waals surface area contributed by atoms with Crippen molar-refractivity contribution in [2.75, 3.05) is 13.1 Å². The second-order valence-corrected chi connectivity index (χ2v) is 6.12. The van der Waals surface area contributed by atoms with E-state index in [0.717, 1.165) is 13.1 Å². The molecule has 2 unspecified atom stereocenters. The molecule has 0 radical (unpaired) electrons. The van der Waals surface area contributed by atoms with Crippen molar-refractivity contribution in [2.24, 2.45) is 11.8 Å². The molecule has 2 atom stereocenters. The Hall–Kier alpha value is -0.730. The molecule has 1 amide bonds. The van der Waals surface area contributed by atoms with Crippen molar-refractivity contribution in [2.45, 2.75) is 20.3 Å². The Kier molecular flexibility index (Phi) is 4.18. The van der Waals surface area contributed by atoms with Crippen LogP contribution in [0.25, 0.3) is 0 Å². The van der Waals surface area contributed by atoms with Crippen molar-refractivity contribution < 1.29 is 4.79 Å². The summed E-state index contributed by atoms with van der Waals surface area (Å²) >= 11 is 11.9. The van der Waals surface area contributed by atoms with Crippen molar-refractivity contribution in [1.29, 1.82) is 0 Å². The Morgan fingerprint density at radius 2 is 1.83 bits per heavy atom. The molecule has 1 saturated heterocycles. The molecule has 1 fully saturated rings. The molecule has 98 valence electrons. The van der Waals surface area contributed by atoms with Crippen LogP contribution in [0.15, 0.2) is 18.2 Å². The van der Waals surface area contributed by atoms with Crippen LogP contribution >= 0.6 is 23.2 Å². The third-order valence-corrected chi connectivity index (χ3v) is 3.87. The second-order valence-electron chi connectivity index (χ2n) is 5.28. The Labute approximate surface area is 118 Å². The molecule has 1 aromatic rings. The molecule has 0 N–H and O–H groups in total. The number of halogens is 2. The van der Waals surface area contributed by atoms with Crippen LogP contribution in [0.4, 0.5) is 0 Å². The number of benzene rings is 1. The van der Waals surface area contributed by atoms with Crippen LogP contribution < -0.4 is 0 Å². The maximum absolute atomic E-state index is 12.4. The van der Waals surface area contributed by atoms with Gasteiger partial charge in [-0.25, -0.2) is 0 Å². The van der Waals surface area contributed by atoms with Gasteiger partial charge in [-0.2, -0.15) is 0 Å². The van der Waals surface area contributed by atoms with Crippen LogP contribution in [-0.2, 0) is 0 Å². The van der Waals surface area contributed by atoms with Crippen LogP contribution in [-0.4, -0.2) is 23.9 Å². The van der Waals surface area contributed by atoms with E-state index in [4.69, 9.17) is 23.2 Å². The van der Waals surface area contributed by atoms with Gasteiger partial charge < -0.3 is 4.90 Å². The zero-order chi connectivity index (χ0) is 13.3. The molecular formula is C14H17Cl2NO. The third kappa shape index (κ3) is 2.99. The summed E-state index contributed by atoms with van der Waals surface area (Å²) in [6.45, 7) is 5.98. The smallest absolute Gasteiger partial charge is 0.255 e. The lowest BCUT2D eigenvalue weighted by Gasteiger charge is -2.35. The molecular weight excluding hydrogens is 269 g/mol. The van der Waals surface area contributed by atoms with Crippen LogP contribution in [0.3, 0.4) is 0 Å². The molecule has 0 aromatic heterocycles. The summed E-state index contributed by atoms with van der Waals surface area (Å²) in [5, 5.41) is 0.982. The number of hydrogen-bond acceptors (Lipinski definition) is 1. The van der Waals surface area contributed by atoms with Crippen molar-refractivity contribution >= 4 is 29.1 Å². The SMILES string of the molecule is CC1CC(C)CN(C(=O)c2ccc(Cl)cc2Cl)C1. The highest BCUT2D eigenvalue weighted by atomic mass is 35.5. The zero-order valence-electron chi connectivity index (χ0n) is 10.6. The first-order chi connectivity index (χ1) is 8.47. The van der Waals surface area contributed by atoms with Crippen molar-refractivity contribution in [3.05, 3.63) is 33.8 Å². The Morgan fingerprint density at radius 1 is 1.22 bits per heavy atom. The summed E-state index contributed by atoms with van der Waals surface area (Å²) in [5.41, 5.74) is 0.544. The Morgan fingerprint density at radius 3 is 2.39 bits per heavy atom. The van der Waals surface area contributed by atoms with Crippen molar-refractivity contribution in [3.63, 3.8) is 0 Å². The monoisotopic (exact) mass is 285 g/mol. The van der Waals surface area contributed by atoms with Gasteiger partial charge in [-0.1, -0.05) is 37.0 Å². The lowest BCUT2D eigenvalue weighted by Crippen LogP contribution is -2.42. The lowest BCUT2D eigenvalue weighted by atomic mass is 9.91. The van der Waals surface area contributed by atoms with Gasteiger partial charge in [-0.05, 0) is 36.5 Å². The number of amides is 1. The molecule has 0 spiro atoms. The summed E-state index contributed by atoms with van der Waals surface area (Å²) in [7, 11) is 0. The molecule has 4 heteroatoms. The fourth-order valence-corrected chi connectivity index (χ4v) is 3.15. The molecule has 1 aliphatic heterocycles. The predicted molar refractivity (Wildman–Crippen MR) is 75.3 cm³/mol. The fourth-order valence-electron chi connectivity index (χ4n) is 2.66. The summed E-state index contributed by atoms with van der Waals surface area (Å²) in [6.07, 6.45) is 1.18. The van der Waals surface area contributed by atoms with E-state index in [1.165, 1.54) is 6.42 Å². The van der Waals surface area contributed by atoms with Gasteiger partial charge in [-0.15, -0.1) is 0 Å². The maximum Gasteiger partial charge on any atom is 0.255 e. The summed E-state index contributed by atoms with van der Waals surface area (Å²) in [6, 6.07) is 5.03. The number of carbonyl (C=O) groups excluding carboxylic acids is 1. The number of piperidine rings is 1. The molecule has 2 nitrogen and oxygen atoms in total. The number of rotatable bonds is 1. The van der Waals surface area contributed by atoms with Crippen molar-refractivity contribution in [1.82, 2.24) is 4.90 Å². The highest BCUT2D eigenvalue weighted by Crippen LogP contribution is 2.26. The van der Waals surface area contributed by atoms with E-state index in [9.17, 15) is 4.79 Å². The molecule has 1 aliphatic rings. The molecule has 0 bridgehead atoms. The topological polar surface area (TPSA) is 20.3 Å². The second kappa shape index (κ2) is 5.50. The van der Waals surface area contributed by atoms with Crippen molar-refractivity contribution in [3.8, 4) is 0 Å². The predicted octanol–water partition coefficient (Wildman–Crippen LogP) is 4.11. The van der Waals surface area contributed by atoms with E-state index in [1.807, 2.05) is 4.90 Å². The summed E-state index contributed by atoms with van der Waals surface area (Å²) in [4.78, 5) is 14.3. The largest absolute Gasteiger partial charge is 0.338 e. The standard InChI is InChI=1S/C14H17Cl2NO/c1-9-5-10(2)8-17(7-9)14(18)12-4-3-11(15)6-13(12)16/h3-4,6,9-10H,5,7-8H2,1-2H3. The first kappa shape index (κ1) is 13.7. The zero-order valence-corrected chi connectivity index (χ0v) is 12.1. The van der Waals surface area contributed by atoms with Gasteiger partial charge in [-0.3, -0.25) is 4.79 Å². The minimum absolute atomic E-state index is 0.00932. The van der Waals surface area contributed by atoms with Gasteiger partial charge in [0.05, 0.1) is 10.6 Å². The quantitative estimate of drug-likeness (QED) is 0.760. The van der Waals surface area contributed by atoms with Crippen LogP contribution in [0, 0.1) is 11.8 Å². The molecule has 1 heterocycles. The lowest BCUT2D eigenvalue weighted by molar-refractivity contribution is 0.0623. The molecule has 0 saturated carbocycles. The average molecular weight is 286 g/mol. The highest BCUT2D eigenvalue weighted by Gasteiger charge is 2.27. The summed E-state index contributed by atoms with van der Waals surface area (Å²) in [5.74, 6) is 1.10. The maximum atomic E-state index is 12.4. The minimum Gasteiger partial charge on any atom is -0.338 e. The number of carbonyl (C=O) groups is 1. The van der Waals surface area contributed by atoms with E-state index in [-0.39, 0.29) is 5.91 Å². The number of likely N-dealkylation sites (tertiary alicyclic amines) is 1. The molecule has 2 rings (SSSR count). The molecule has 18 heavy (non-hydrogen) atoms. The van der Waals surface area contributed by atoms with Gasteiger partial charge >= 0.3 is 0 Å². The Bertz CT molecular complexity index is 451. The van der Waals surface area contributed by atoms with E-state index in [0.29, 0.717) is 27.4 Å². The van der Waals surface area contributed by atoms with Crippen LogP contribution in [0.1, 0.15) is 30.6 Å². The molecule has 1 aromatic carbocycles. The van der Waals surface area contributed by atoms with Gasteiger partial charge in [0.25, 0.3) is 5.91 Å².